The number of nitrogens with zero attached hydrogens (tertiary/aromatic N) is 1. The molecule has 26 heavy (non-hydrogen) atoms. The molecule has 0 aliphatic carbocycles. The monoisotopic (exact) mass is 351 g/mol. The maximum atomic E-state index is 12.2. The average Bonchev–Trinajstić information content (AvgIpc) is 3.11. The summed E-state index contributed by atoms with van der Waals surface area (Å²) in [7, 11) is 0. The number of benzene rings is 2. The van der Waals surface area contributed by atoms with Gasteiger partial charge >= 0.3 is 0 Å². The van der Waals surface area contributed by atoms with Crippen molar-refractivity contribution in [3.63, 3.8) is 0 Å². The van der Waals surface area contributed by atoms with E-state index in [9.17, 15) is 9.59 Å². The highest BCUT2D eigenvalue weighted by atomic mass is 16.2. The lowest BCUT2D eigenvalue weighted by atomic mass is 9.99. The Hall–Kier alpha value is -2.66. The molecule has 1 aliphatic rings. The minimum absolute atomic E-state index is 0.0856. The van der Waals surface area contributed by atoms with Crippen molar-refractivity contribution in [3.05, 3.63) is 65.7 Å². The van der Waals surface area contributed by atoms with E-state index in [0.717, 1.165) is 26.1 Å². The van der Waals surface area contributed by atoms with E-state index in [2.05, 4.69) is 34.5 Å². The van der Waals surface area contributed by atoms with Crippen LogP contribution in [0, 0.1) is 0 Å². The smallest absolute Gasteiger partial charge is 0.250 e. The van der Waals surface area contributed by atoms with E-state index in [1.807, 2.05) is 6.07 Å². The number of amides is 2. The predicted molar refractivity (Wildman–Crippen MR) is 103 cm³/mol. The maximum absolute atomic E-state index is 12.2. The lowest BCUT2D eigenvalue weighted by molar-refractivity contribution is -0.116. The number of carbonyl (C=O) groups is 2. The standard InChI is InChI=1S/C21H25N3O2/c22-21(26)18-9-4-5-10-19(18)23-20(25)11-6-13-24-14-12-17(15-24)16-7-2-1-3-8-16/h1-5,7-10,17H,6,11-15H2,(H2,22,26)(H,23,25). The van der Waals surface area contributed by atoms with E-state index in [-0.39, 0.29) is 5.91 Å². The van der Waals surface area contributed by atoms with Crippen molar-refractivity contribution in [2.24, 2.45) is 5.73 Å². The number of nitrogens with one attached hydrogen (secondary N) is 1. The molecule has 1 fully saturated rings. The van der Waals surface area contributed by atoms with Crippen molar-refractivity contribution < 1.29 is 9.59 Å². The highest BCUT2D eigenvalue weighted by Crippen LogP contribution is 2.27. The predicted octanol–water partition coefficient (Wildman–Crippen LogP) is 2.99. The van der Waals surface area contributed by atoms with Crippen molar-refractivity contribution >= 4 is 17.5 Å². The molecule has 1 atom stereocenters. The van der Waals surface area contributed by atoms with E-state index < -0.39 is 5.91 Å². The van der Waals surface area contributed by atoms with Crippen molar-refractivity contribution in [3.8, 4) is 0 Å². The fourth-order valence-electron chi connectivity index (χ4n) is 3.52. The Kier molecular flexibility index (Phi) is 6.02. The van der Waals surface area contributed by atoms with E-state index in [4.69, 9.17) is 5.73 Å². The van der Waals surface area contributed by atoms with Crippen LogP contribution < -0.4 is 11.1 Å². The zero-order chi connectivity index (χ0) is 18.4. The first-order valence-electron chi connectivity index (χ1n) is 9.09. The van der Waals surface area contributed by atoms with Gasteiger partial charge in [0.05, 0.1) is 11.3 Å². The summed E-state index contributed by atoms with van der Waals surface area (Å²) < 4.78 is 0. The van der Waals surface area contributed by atoms with Gasteiger partial charge in [0.1, 0.15) is 0 Å². The third-order valence-corrected chi connectivity index (χ3v) is 4.89. The molecule has 0 aromatic heterocycles. The Morgan fingerprint density at radius 1 is 1.08 bits per heavy atom. The first-order valence-corrected chi connectivity index (χ1v) is 9.09. The molecule has 3 N–H and O–H groups in total. The van der Waals surface area contributed by atoms with Gasteiger partial charge in [-0.15, -0.1) is 0 Å². The van der Waals surface area contributed by atoms with Gasteiger partial charge in [-0.3, -0.25) is 9.59 Å². The minimum atomic E-state index is -0.537. The lowest BCUT2D eigenvalue weighted by Gasteiger charge is -2.16. The molecule has 136 valence electrons. The summed E-state index contributed by atoms with van der Waals surface area (Å²) in [5.74, 6) is -0.0325. The summed E-state index contributed by atoms with van der Waals surface area (Å²) in [6, 6.07) is 17.4. The summed E-state index contributed by atoms with van der Waals surface area (Å²) in [5, 5.41) is 2.79. The highest BCUT2D eigenvalue weighted by Gasteiger charge is 2.23. The van der Waals surface area contributed by atoms with E-state index >= 15 is 0 Å². The van der Waals surface area contributed by atoms with E-state index in [0.29, 0.717) is 23.6 Å². The molecule has 5 heteroatoms. The van der Waals surface area contributed by atoms with Crippen LogP contribution in [0.15, 0.2) is 54.6 Å². The molecule has 0 bridgehead atoms. The van der Waals surface area contributed by atoms with Gasteiger partial charge < -0.3 is 16.0 Å². The normalized spacial score (nSPS) is 17.2. The van der Waals surface area contributed by atoms with Crippen LogP contribution in [0.2, 0.25) is 0 Å². The van der Waals surface area contributed by atoms with Crippen LogP contribution in [-0.2, 0) is 4.79 Å². The SMILES string of the molecule is NC(=O)c1ccccc1NC(=O)CCCN1CCC(c2ccccc2)C1. The fraction of sp³-hybridized carbons (Fsp3) is 0.333. The largest absolute Gasteiger partial charge is 0.366 e. The van der Waals surface area contributed by atoms with Crippen molar-refractivity contribution in [2.45, 2.75) is 25.2 Å². The van der Waals surface area contributed by atoms with Crippen LogP contribution in [0.4, 0.5) is 5.69 Å². The molecular weight excluding hydrogens is 326 g/mol. The molecule has 2 amide bonds. The zero-order valence-electron chi connectivity index (χ0n) is 14.9. The molecule has 0 saturated carbocycles. The van der Waals surface area contributed by atoms with Crippen molar-refractivity contribution in [2.75, 3.05) is 25.0 Å². The second kappa shape index (κ2) is 8.63. The van der Waals surface area contributed by atoms with Crippen LogP contribution in [0.1, 0.15) is 41.1 Å². The Morgan fingerprint density at radius 3 is 2.58 bits per heavy atom. The van der Waals surface area contributed by atoms with Crippen molar-refractivity contribution in [1.82, 2.24) is 4.90 Å². The molecule has 2 aromatic carbocycles. The first-order chi connectivity index (χ1) is 12.6. The van der Waals surface area contributed by atoms with Gasteiger partial charge in [-0.2, -0.15) is 0 Å². The number of hydrogen-bond acceptors (Lipinski definition) is 3. The number of anilines is 1. The molecule has 2 aromatic rings. The minimum Gasteiger partial charge on any atom is -0.366 e. The quantitative estimate of drug-likeness (QED) is 0.805. The van der Waals surface area contributed by atoms with E-state index in [1.165, 1.54) is 12.0 Å². The maximum Gasteiger partial charge on any atom is 0.250 e. The number of carbonyl (C=O) groups excluding carboxylic acids is 2. The Labute approximate surface area is 154 Å². The molecule has 1 unspecified atom stereocenters. The Morgan fingerprint density at radius 2 is 1.81 bits per heavy atom. The topological polar surface area (TPSA) is 75.4 Å². The number of para-hydroxylation sites is 1. The molecule has 0 spiro atoms. The summed E-state index contributed by atoms with van der Waals surface area (Å²) in [6.45, 7) is 3.04. The highest BCUT2D eigenvalue weighted by molar-refractivity contribution is 6.02. The lowest BCUT2D eigenvalue weighted by Crippen LogP contribution is -2.23. The van der Waals surface area contributed by atoms with Gasteiger partial charge in [0.2, 0.25) is 5.91 Å². The number of primary amides is 1. The first kappa shape index (κ1) is 18.1. The third-order valence-electron chi connectivity index (χ3n) is 4.89. The number of nitrogens with two attached hydrogens (primary N) is 1. The summed E-state index contributed by atoms with van der Waals surface area (Å²) in [5.41, 5.74) is 7.56. The molecule has 5 nitrogen and oxygen atoms in total. The summed E-state index contributed by atoms with van der Waals surface area (Å²) in [6.07, 6.45) is 2.40. The summed E-state index contributed by atoms with van der Waals surface area (Å²) >= 11 is 0. The van der Waals surface area contributed by atoms with Crippen molar-refractivity contribution in [1.29, 1.82) is 0 Å². The molecule has 1 saturated heterocycles. The third kappa shape index (κ3) is 4.70. The van der Waals surface area contributed by atoms with Gasteiger partial charge in [0, 0.05) is 13.0 Å². The van der Waals surface area contributed by atoms with Crippen LogP contribution in [0.5, 0.6) is 0 Å². The fourth-order valence-corrected chi connectivity index (χ4v) is 3.52. The zero-order valence-corrected chi connectivity index (χ0v) is 14.9. The van der Waals surface area contributed by atoms with Crippen LogP contribution in [0.25, 0.3) is 0 Å². The number of rotatable bonds is 7. The van der Waals surface area contributed by atoms with Gasteiger partial charge in [0.15, 0.2) is 0 Å². The molecule has 1 aliphatic heterocycles. The Balaban J connectivity index is 1.43. The van der Waals surface area contributed by atoms with Gasteiger partial charge in [-0.25, -0.2) is 0 Å². The van der Waals surface area contributed by atoms with E-state index in [1.54, 1.807) is 24.3 Å². The molecule has 0 radical (unpaired) electrons. The van der Waals surface area contributed by atoms with Gasteiger partial charge in [-0.05, 0) is 49.5 Å². The van der Waals surface area contributed by atoms with Crippen LogP contribution in [0.3, 0.4) is 0 Å². The van der Waals surface area contributed by atoms with Crippen LogP contribution >= 0.6 is 0 Å². The van der Waals surface area contributed by atoms with Gasteiger partial charge in [-0.1, -0.05) is 42.5 Å². The molecular formula is C21H25N3O2. The molecule has 3 rings (SSSR count). The second-order valence-corrected chi connectivity index (χ2v) is 6.76. The second-order valence-electron chi connectivity index (χ2n) is 6.76. The number of hydrogen-bond donors (Lipinski definition) is 2. The average molecular weight is 351 g/mol. The van der Waals surface area contributed by atoms with Gasteiger partial charge in [0.25, 0.3) is 5.91 Å². The summed E-state index contributed by atoms with van der Waals surface area (Å²) in [4.78, 5) is 26.0. The number of likely N-dealkylation sites (tertiary alicyclic amines) is 1. The Bertz CT molecular complexity index is 761. The molecule has 1 heterocycles. The van der Waals surface area contributed by atoms with Crippen LogP contribution in [-0.4, -0.2) is 36.3 Å².